The van der Waals surface area contributed by atoms with Crippen LogP contribution in [0.2, 0.25) is 0 Å². The molecule has 1 atom stereocenters. The molecule has 1 aromatic heterocycles. The van der Waals surface area contributed by atoms with Crippen molar-refractivity contribution in [2.45, 2.75) is 39.0 Å². The molecule has 0 saturated heterocycles. The molecule has 32 heavy (non-hydrogen) atoms. The first-order valence-electron chi connectivity index (χ1n) is 9.62. The van der Waals surface area contributed by atoms with E-state index in [1.807, 2.05) is 0 Å². The van der Waals surface area contributed by atoms with Crippen molar-refractivity contribution >= 4 is 22.7 Å². The van der Waals surface area contributed by atoms with Crippen molar-refractivity contribution in [2.24, 2.45) is 5.73 Å². The number of hydrogen-bond donors (Lipinski definition) is 2. The van der Waals surface area contributed by atoms with Gasteiger partial charge >= 0.3 is 6.36 Å². The minimum Gasteiger partial charge on any atom is -0.505 e. The van der Waals surface area contributed by atoms with E-state index in [0.29, 0.717) is 17.7 Å². The van der Waals surface area contributed by atoms with Crippen molar-refractivity contribution in [1.82, 2.24) is 4.57 Å². The fraction of sp³-hybridized carbons (Fsp3) is 0.273. The summed E-state index contributed by atoms with van der Waals surface area (Å²) in [7, 11) is 0. The molecule has 2 aromatic carbocycles. The number of phenols is 1. The third-order valence-electron chi connectivity index (χ3n) is 5.19. The average Bonchev–Trinajstić information content (AvgIpc) is 3.00. The Morgan fingerprint density at radius 2 is 1.78 bits per heavy atom. The Balaban J connectivity index is 2.10. The second-order valence-corrected chi connectivity index (χ2v) is 7.41. The second kappa shape index (κ2) is 8.52. The van der Waals surface area contributed by atoms with Crippen molar-refractivity contribution in [3.8, 4) is 11.5 Å². The molecule has 0 fully saturated rings. The van der Waals surface area contributed by atoms with E-state index in [1.165, 1.54) is 22.8 Å². The summed E-state index contributed by atoms with van der Waals surface area (Å²) in [6, 6.07) is 6.83. The summed E-state index contributed by atoms with van der Waals surface area (Å²) in [6.07, 6.45) is -4.53. The Hall–Kier alpha value is -3.56. The standard InChI is InChI=1S/C22H20F4N2O4/c1-11(3-10-17(27)30)18-12(2)28(15-8-9-16(29)20(23)19(15)18)21(31)13-4-6-14(7-5-13)32-22(24,25)26/h4-9,11,29H,3,10H2,1-2H3,(H2,27,30)/t11-/m0/s1. The van der Waals surface area contributed by atoms with E-state index in [4.69, 9.17) is 5.73 Å². The molecule has 0 aliphatic heterocycles. The summed E-state index contributed by atoms with van der Waals surface area (Å²) >= 11 is 0. The molecule has 0 unspecified atom stereocenters. The van der Waals surface area contributed by atoms with Crippen LogP contribution in [-0.4, -0.2) is 27.9 Å². The zero-order valence-corrected chi connectivity index (χ0v) is 17.2. The number of nitrogens with two attached hydrogens (primary N) is 1. The monoisotopic (exact) mass is 452 g/mol. The summed E-state index contributed by atoms with van der Waals surface area (Å²) in [4.78, 5) is 24.4. The van der Waals surface area contributed by atoms with Crippen LogP contribution in [0.1, 0.15) is 47.3 Å². The minimum atomic E-state index is -4.87. The van der Waals surface area contributed by atoms with Crippen LogP contribution in [0.15, 0.2) is 36.4 Å². The topological polar surface area (TPSA) is 94.5 Å². The molecule has 6 nitrogen and oxygen atoms in total. The van der Waals surface area contributed by atoms with Crippen LogP contribution in [0.4, 0.5) is 17.6 Å². The number of primary amides is 1. The van der Waals surface area contributed by atoms with E-state index in [-0.39, 0.29) is 28.8 Å². The molecular formula is C22H20F4N2O4. The van der Waals surface area contributed by atoms with Crippen LogP contribution < -0.4 is 10.5 Å². The Morgan fingerprint density at radius 1 is 1.16 bits per heavy atom. The predicted octanol–water partition coefficient (Wildman–Crippen LogP) is 4.75. The SMILES string of the molecule is Cc1c([C@@H](C)CCC(N)=O)c2c(F)c(O)ccc2n1C(=O)c1ccc(OC(F)(F)F)cc1. The molecule has 3 aromatic rings. The number of carbonyl (C=O) groups is 2. The van der Waals surface area contributed by atoms with Gasteiger partial charge in [0.2, 0.25) is 5.91 Å². The number of rotatable bonds is 6. The van der Waals surface area contributed by atoms with Gasteiger partial charge in [-0.25, -0.2) is 4.39 Å². The summed E-state index contributed by atoms with van der Waals surface area (Å²) in [5.41, 5.74) is 6.24. The zero-order valence-electron chi connectivity index (χ0n) is 17.2. The number of hydrogen-bond acceptors (Lipinski definition) is 4. The van der Waals surface area contributed by atoms with E-state index in [1.54, 1.807) is 13.8 Å². The first kappa shape index (κ1) is 23.1. The second-order valence-electron chi connectivity index (χ2n) is 7.41. The van der Waals surface area contributed by atoms with E-state index in [0.717, 1.165) is 18.2 Å². The fourth-order valence-corrected chi connectivity index (χ4v) is 3.78. The lowest BCUT2D eigenvalue weighted by Gasteiger charge is -2.13. The van der Waals surface area contributed by atoms with Crippen molar-refractivity contribution in [1.29, 1.82) is 0 Å². The van der Waals surface area contributed by atoms with Gasteiger partial charge in [0.05, 0.1) is 5.52 Å². The maximum atomic E-state index is 14.9. The highest BCUT2D eigenvalue weighted by Gasteiger charge is 2.31. The lowest BCUT2D eigenvalue weighted by atomic mass is 9.93. The average molecular weight is 452 g/mol. The predicted molar refractivity (Wildman–Crippen MR) is 108 cm³/mol. The number of carbonyl (C=O) groups excluding carboxylic acids is 2. The van der Waals surface area contributed by atoms with Gasteiger partial charge in [-0.05, 0) is 61.2 Å². The van der Waals surface area contributed by atoms with Crippen molar-refractivity contribution < 1.29 is 37.0 Å². The smallest absolute Gasteiger partial charge is 0.505 e. The largest absolute Gasteiger partial charge is 0.573 e. The maximum absolute atomic E-state index is 14.9. The van der Waals surface area contributed by atoms with Crippen molar-refractivity contribution in [2.75, 3.05) is 0 Å². The molecule has 0 aliphatic rings. The van der Waals surface area contributed by atoms with Crippen molar-refractivity contribution in [3.63, 3.8) is 0 Å². The molecular weight excluding hydrogens is 432 g/mol. The number of nitrogens with zero attached hydrogens (tertiary/aromatic N) is 1. The van der Waals surface area contributed by atoms with Crippen LogP contribution in [0, 0.1) is 12.7 Å². The highest BCUT2D eigenvalue weighted by atomic mass is 19.4. The summed E-state index contributed by atoms with van der Waals surface area (Å²) in [5, 5.41) is 9.90. The Labute approximate surface area is 180 Å². The lowest BCUT2D eigenvalue weighted by Crippen LogP contribution is -2.17. The van der Waals surface area contributed by atoms with Gasteiger partial charge in [-0.2, -0.15) is 0 Å². The normalized spacial score (nSPS) is 12.7. The molecule has 0 saturated carbocycles. The number of benzene rings is 2. The van der Waals surface area contributed by atoms with E-state index in [2.05, 4.69) is 4.74 Å². The Kier molecular flexibility index (Phi) is 6.16. The first-order chi connectivity index (χ1) is 14.9. The number of alkyl halides is 3. The van der Waals surface area contributed by atoms with E-state index in [9.17, 15) is 32.3 Å². The van der Waals surface area contributed by atoms with E-state index < -0.39 is 35.5 Å². The number of fused-ring (bicyclic) bond motifs is 1. The Morgan fingerprint density at radius 3 is 2.34 bits per heavy atom. The summed E-state index contributed by atoms with van der Waals surface area (Å²) in [5.74, 6) is -3.51. The number of amides is 1. The van der Waals surface area contributed by atoms with Gasteiger partial charge in [-0.15, -0.1) is 13.2 Å². The molecule has 0 aliphatic carbocycles. The number of halogens is 4. The van der Waals surface area contributed by atoms with Crippen LogP contribution in [0.3, 0.4) is 0 Å². The number of phenolic OH excluding ortho intramolecular Hbond substituents is 1. The third-order valence-corrected chi connectivity index (χ3v) is 5.19. The van der Waals surface area contributed by atoms with Gasteiger partial charge in [-0.1, -0.05) is 6.92 Å². The molecule has 0 radical (unpaired) electrons. The summed E-state index contributed by atoms with van der Waals surface area (Å²) < 4.78 is 57.1. The van der Waals surface area contributed by atoms with Gasteiger partial charge < -0.3 is 15.6 Å². The molecule has 0 spiro atoms. The fourth-order valence-electron chi connectivity index (χ4n) is 3.78. The van der Waals surface area contributed by atoms with Crippen LogP contribution in [-0.2, 0) is 4.79 Å². The molecule has 3 N–H and O–H groups in total. The van der Waals surface area contributed by atoms with Crippen molar-refractivity contribution in [3.05, 3.63) is 59.0 Å². The molecule has 3 rings (SSSR count). The highest BCUT2D eigenvalue weighted by Crippen LogP contribution is 2.38. The molecule has 0 bridgehead atoms. The quantitative estimate of drug-likeness (QED) is 0.528. The Bertz CT molecular complexity index is 1180. The van der Waals surface area contributed by atoms with Crippen LogP contribution >= 0.6 is 0 Å². The highest BCUT2D eigenvalue weighted by molar-refractivity contribution is 6.04. The molecule has 170 valence electrons. The number of aromatic nitrogens is 1. The molecule has 1 heterocycles. The van der Waals surface area contributed by atoms with Gasteiger partial charge in [0.15, 0.2) is 11.6 Å². The van der Waals surface area contributed by atoms with Gasteiger partial charge in [-0.3, -0.25) is 14.2 Å². The van der Waals surface area contributed by atoms with Gasteiger partial charge in [0.25, 0.3) is 5.91 Å². The van der Waals surface area contributed by atoms with Crippen LogP contribution in [0.5, 0.6) is 11.5 Å². The number of aromatic hydroxyl groups is 1. The molecule has 10 heteroatoms. The minimum absolute atomic E-state index is 0.0323. The summed E-state index contributed by atoms with van der Waals surface area (Å²) in [6.45, 7) is 3.33. The van der Waals surface area contributed by atoms with E-state index >= 15 is 0 Å². The lowest BCUT2D eigenvalue weighted by molar-refractivity contribution is -0.274. The molecule has 1 amide bonds. The third kappa shape index (κ3) is 4.53. The maximum Gasteiger partial charge on any atom is 0.573 e. The van der Waals surface area contributed by atoms with Gasteiger partial charge in [0.1, 0.15) is 5.75 Å². The number of ether oxygens (including phenoxy) is 1. The van der Waals surface area contributed by atoms with Crippen LogP contribution in [0.25, 0.3) is 10.9 Å². The van der Waals surface area contributed by atoms with Gasteiger partial charge in [0, 0.05) is 23.1 Å². The first-order valence-corrected chi connectivity index (χ1v) is 9.62. The zero-order chi connectivity index (χ0) is 23.8.